The van der Waals surface area contributed by atoms with E-state index in [9.17, 15) is 0 Å². The predicted molar refractivity (Wildman–Crippen MR) is 125 cm³/mol. The van der Waals surface area contributed by atoms with Crippen molar-refractivity contribution in [3.05, 3.63) is 63.7 Å². The zero-order valence-corrected chi connectivity index (χ0v) is 19.5. The summed E-state index contributed by atoms with van der Waals surface area (Å²) in [4.78, 5) is 0. The molecule has 1 aliphatic carbocycles. The highest BCUT2D eigenvalue weighted by Crippen LogP contribution is 2.41. The molecule has 0 heteroatoms. The van der Waals surface area contributed by atoms with E-state index >= 15 is 0 Å². The smallest absolute Gasteiger partial charge is 0.00550 e. The number of hydrogen-bond donors (Lipinski definition) is 0. The topological polar surface area (TPSA) is 0 Å². The van der Waals surface area contributed by atoms with Gasteiger partial charge in [-0.2, -0.15) is 0 Å². The van der Waals surface area contributed by atoms with Gasteiger partial charge in [-0.25, -0.2) is 0 Å². The van der Waals surface area contributed by atoms with Crippen LogP contribution in [0.25, 0.3) is 17.2 Å². The van der Waals surface area contributed by atoms with Gasteiger partial charge in [0.05, 0.1) is 0 Å². The highest BCUT2D eigenvalue weighted by Gasteiger charge is 2.24. The zero-order valence-electron chi connectivity index (χ0n) is 19.5. The van der Waals surface area contributed by atoms with Crippen molar-refractivity contribution < 1.29 is 0 Å². The standard InChI is InChI=1S/C28H38/c1-10-19-11-12-20-13-21(18(2)3)16-25(20)26(19)22-14-23(27(4,5)6)17-24(15-22)28(7,8)9/h11-12,14-18H,10,13H2,1-9H3. The second kappa shape index (κ2) is 7.21. The lowest BCUT2D eigenvalue weighted by molar-refractivity contribution is 0.569. The average Bonchev–Trinajstić information content (AvgIpc) is 3.03. The molecule has 3 rings (SSSR count). The van der Waals surface area contributed by atoms with Crippen LogP contribution in [-0.2, 0) is 23.7 Å². The Bertz CT molecular complexity index is 876. The molecule has 0 radical (unpaired) electrons. The lowest BCUT2D eigenvalue weighted by Gasteiger charge is -2.27. The molecule has 2 aromatic rings. The Morgan fingerprint density at radius 2 is 1.43 bits per heavy atom. The first-order chi connectivity index (χ1) is 12.9. The van der Waals surface area contributed by atoms with Gasteiger partial charge in [-0.3, -0.25) is 0 Å². The van der Waals surface area contributed by atoms with Crippen LogP contribution in [0.4, 0.5) is 0 Å². The van der Waals surface area contributed by atoms with E-state index in [1.807, 2.05) is 0 Å². The molecule has 0 saturated carbocycles. The second-order valence-corrected chi connectivity index (χ2v) is 10.9. The SMILES string of the molecule is CCc1ccc2c(c1-c1cc(C(C)(C)C)cc(C(C)(C)C)c1)C=C(C(C)C)C2. The molecule has 150 valence electrons. The largest absolute Gasteiger partial charge is 0.0626 e. The molecule has 0 aliphatic heterocycles. The van der Waals surface area contributed by atoms with Crippen molar-refractivity contribution in [1.82, 2.24) is 0 Å². The van der Waals surface area contributed by atoms with Crippen LogP contribution in [0.5, 0.6) is 0 Å². The maximum Gasteiger partial charge on any atom is -0.00550 e. The minimum absolute atomic E-state index is 0.138. The van der Waals surface area contributed by atoms with Gasteiger partial charge in [-0.1, -0.05) is 104 Å². The first-order valence-electron chi connectivity index (χ1n) is 10.9. The molecule has 0 bridgehead atoms. The van der Waals surface area contributed by atoms with Gasteiger partial charge in [0.1, 0.15) is 0 Å². The molecular formula is C28H38. The molecule has 0 N–H and O–H groups in total. The van der Waals surface area contributed by atoms with Gasteiger partial charge < -0.3 is 0 Å². The zero-order chi connectivity index (χ0) is 20.9. The van der Waals surface area contributed by atoms with Gasteiger partial charge in [-0.05, 0) is 68.5 Å². The van der Waals surface area contributed by atoms with Crippen LogP contribution in [-0.4, -0.2) is 0 Å². The monoisotopic (exact) mass is 374 g/mol. The first kappa shape index (κ1) is 20.9. The molecular weight excluding hydrogens is 336 g/mol. The third-order valence-corrected chi connectivity index (χ3v) is 6.22. The molecule has 0 unspecified atom stereocenters. The fourth-order valence-electron chi connectivity index (χ4n) is 4.13. The number of hydrogen-bond acceptors (Lipinski definition) is 0. The molecule has 0 spiro atoms. The Morgan fingerprint density at radius 3 is 1.89 bits per heavy atom. The quantitative estimate of drug-likeness (QED) is 0.509. The van der Waals surface area contributed by atoms with Crippen LogP contribution >= 0.6 is 0 Å². The highest BCUT2D eigenvalue weighted by atomic mass is 14.3. The van der Waals surface area contributed by atoms with E-state index in [-0.39, 0.29) is 10.8 Å². The van der Waals surface area contributed by atoms with E-state index < -0.39 is 0 Å². The normalized spacial score (nSPS) is 14.4. The van der Waals surface area contributed by atoms with Gasteiger partial charge in [0.25, 0.3) is 0 Å². The Balaban J connectivity index is 2.31. The number of rotatable bonds is 3. The molecule has 1 aliphatic rings. The van der Waals surface area contributed by atoms with Crippen molar-refractivity contribution in [2.45, 2.75) is 86.0 Å². The lowest BCUT2D eigenvalue weighted by Crippen LogP contribution is -2.16. The number of allylic oxidation sites excluding steroid dienone is 1. The maximum absolute atomic E-state index is 2.48. The van der Waals surface area contributed by atoms with Crippen LogP contribution in [0.2, 0.25) is 0 Å². The molecule has 0 fully saturated rings. The Labute approximate surface area is 173 Å². The third-order valence-electron chi connectivity index (χ3n) is 6.22. The van der Waals surface area contributed by atoms with Crippen molar-refractivity contribution in [3.63, 3.8) is 0 Å². The van der Waals surface area contributed by atoms with Crippen LogP contribution in [0.3, 0.4) is 0 Å². The van der Waals surface area contributed by atoms with Gasteiger partial charge in [0.2, 0.25) is 0 Å². The summed E-state index contributed by atoms with van der Waals surface area (Å²) in [5.41, 5.74) is 12.0. The molecule has 0 amide bonds. The summed E-state index contributed by atoms with van der Waals surface area (Å²) >= 11 is 0. The molecule has 0 saturated heterocycles. The van der Waals surface area contributed by atoms with E-state index in [4.69, 9.17) is 0 Å². The minimum Gasteiger partial charge on any atom is -0.0626 e. The average molecular weight is 375 g/mol. The maximum atomic E-state index is 2.48. The van der Waals surface area contributed by atoms with E-state index in [0.29, 0.717) is 5.92 Å². The van der Waals surface area contributed by atoms with E-state index in [0.717, 1.165) is 12.8 Å². The molecule has 0 heterocycles. The molecule has 28 heavy (non-hydrogen) atoms. The molecule has 0 aromatic heterocycles. The molecule has 2 aromatic carbocycles. The van der Waals surface area contributed by atoms with E-state index in [2.05, 4.69) is 98.7 Å². The molecule has 0 atom stereocenters. The number of fused-ring (bicyclic) bond motifs is 1. The van der Waals surface area contributed by atoms with Gasteiger partial charge in [0.15, 0.2) is 0 Å². The van der Waals surface area contributed by atoms with E-state index in [1.54, 1.807) is 5.57 Å². The first-order valence-corrected chi connectivity index (χ1v) is 10.9. The Kier molecular flexibility index (Phi) is 5.38. The molecule has 0 nitrogen and oxygen atoms in total. The summed E-state index contributed by atoms with van der Waals surface area (Å²) < 4.78 is 0. The third kappa shape index (κ3) is 3.97. The minimum atomic E-state index is 0.138. The van der Waals surface area contributed by atoms with Crippen molar-refractivity contribution in [3.8, 4) is 11.1 Å². The lowest BCUT2D eigenvalue weighted by atomic mass is 9.78. The summed E-state index contributed by atoms with van der Waals surface area (Å²) in [5, 5.41) is 0. The van der Waals surface area contributed by atoms with Gasteiger partial charge in [-0.15, -0.1) is 0 Å². The van der Waals surface area contributed by atoms with Gasteiger partial charge >= 0.3 is 0 Å². The summed E-state index contributed by atoms with van der Waals surface area (Å²) in [6, 6.07) is 12.1. The van der Waals surface area contributed by atoms with Crippen molar-refractivity contribution in [2.24, 2.45) is 5.92 Å². The number of aryl methyl sites for hydroxylation is 1. The summed E-state index contributed by atoms with van der Waals surface area (Å²) in [6.07, 6.45) is 4.65. The van der Waals surface area contributed by atoms with Crippen LogP contribution in [0.15, 0.2) is 35.9 Å². The van der Waals surface area contributed by atoms with Crippen molar-refractivity contribution in [2.75, 3.05) is 0 Å². The van der Waals surface area contributed by atoms with Crippen LogP contribution in [0, 0.1) is 5.92 Å². The second-order valence-electron chi connectivity index (χ2n) is 10.9. The predicted octanol–water partition coefficient (Wildman–Crippen LogP) is 8.11. The van der Waals surface area contributed by atoms with Gasteiger partial charge in [0, 0.05) is 0 Å². The number of benzene rings is 2. The van der Waals surface area contributed by atoms with Crippen molar-refractivity contribution >= 4 is 6.08 Å². The summed E-state index contributed by atoms with van der Waals surface area (Å²) in [5.74, 6) is 0.608. The Hall–Kier alpha value is -1.82. The van der Waals surface area contributed by atoms with Crippen molar-refractivity contribution in [1.29, 1.82) is 0 Å². The van der Waals surface area contributed by atoms with E-state index in [1.165, 1.54) is 38.9 Å². The van der Waals surface area contributed by atoms with Crippen LogP contribution < -0.4 is 0 Å². The Morgan fingerprint density at radius 1 is 0.857 bits per heavy atom. The van der Waals surface area contributed by atoms with Crippen LogP contribution in [0.1, 0.15) is 90.1 Å². The fourth-order valence-corrected chi connectivity index (χ4v) is 4.13. The summed E-state index contributed by atoms with van der Waals surface area (Å²) in [6.45, 7) is 20.9. The fraction of sp³-hybridized carbons (Fsp3) is 0.500. The highest BCUT2D eigenvalue weighted by molar-refractivity contribution is 5.84. The summed E-state index contributed by atoms with van der Waals surface area (Å²) in [7, 11) is 0.